The number of piperidine rings is 1. The summed E-state index contributed by atoms with van der Waals surface area (Å²) in [4.78, 5) is 18.9. The van der Waals surface area contributed by atoms with Gasteiger partial charge in [-0.15, -0.1) is 0 Å². The summed E-state index contributed by atoms with van der Waals surface area (Å²) < 4.78 is 32.7. The Kier molecular flexibility index (Phi) is 7.51. The van der Waals surface area contributed by atoms with Gasteiger partial charge in [-0.25, -0.2) is 8.78 Å². The van der Waals surface area contributed by atoms with E-state index in [9.17, 15) is 13.6 Å². The lowest BCUT2D eigenvalue weighted by molar-refractivity contribution is -0.131. The number of rotatable bonds is 6. The molecule has 1 saturated heterocycles. The first kappa shape index (κ1) is 27.4. The van der Waals surface area contributed by atoms with Crippen molar-refractivity contribution in [1.29, 1.82) is 5.26 Å². The summed E-state index contributed by atoms with van der Waals surface area (Å²) in [6.07, 6.45) is 5.39. The third kappa shape index (κ3) is 5.10. The lowest BCUT2D eigenvalue weighted by Gasteiger charge is -2.33. The molecule has 9 nitrogen and oxygen atoms in total. The quantitative estimate of drug-likeness (QED) is 0.403. The monoisotopic (exact) mass is 562 g/mol. The zero-order valence-electron chi connectivity index (χ0n) is 23.7. The number of likely N-dealkylation sites (tertiary alicyclic amines) is 1. The first-order valence-electron chi connectivity index (χ1n) is 14.6. The predicted octanol–water partition coefficient (Wildman–Crippen LogP) is 4.76. The molecule has 0 bridgehead atoms. The molecule has 5 heterocycles. The van der Waals surface area contributed by atoms with Crippen molar-refractivity contribution in [3.05, 3.63) is 46.9 Å². The SMILES string of the molecule is CCC(=O)N1CCc2c(c(N3CCCc4cc(-c5cnn(C)c5)c(C(F)F)cc43)nn2C2CCN(CC#N)CC2)C1. The maximum atomic E-state index is 14.5. The standard InChI is InChI=1S/C30H36F2N8O/c1-3-28(41)38-13-8-26-25(19-38)30(35-40(26)22-6-11-37(12-7-22)14-9-33)39-10-4-5-20-15-23(21-17-34-36(2)18-21)24(29(31)32)16-27(20)39/h15-18,22,29H,3-8,10-14,19H2,1-2H3. The Morgan fingerprint density at radius 2 is 1.98 bits per heavy atom. The molecule has 0 radical (unpaired) electrons. The fourth-order valence-corrected chi connectivity index (χ4v) is 6.67. The highest BCUT2D eigenvalue weighted by atomic mass is 19.3. The predicted molar refractivity (Wildman–Crippen MR) is 151 cm³/mol. The number of nitrogens with zero attached hydrogens (tertiary/aromatic N) is 8. The minimum absolute atomic E-state index is 0.00963. The molecule has 0 aliphatic carbocycles. The number of amides is 1. The smallest absolute Gasteiger partial charge is 0.264 e. The van der Waals surface area contributed by atoms with Crippen molar-refractivity contribution < 1.29 is 13.6 Å². The molecule has 3 aliphatic rings. The number of halogens is 2. The average molecular weight is 563 g/mol. The van der Waals surface area contributed by atoms with Gasteiger partial charge in [0.05, 0.1) is 31.4 Å². The number of aromatic nitrogens is 4. The average Bonchev–Trinajstić information content (AvgIpc) is 3.59. The zero-order valence-corrected chi connectivity index (χ0v) is 23.7. The van der Waals surface area contributed by atoms with Crippen molar-refractivity contribution in [3.8, 4) is 17.2 Å². The summed E-state index contributed by atoms with van der Waals surface area (Å²) in [5.74, 6) is 0.891. The van der Waals surface area contributed by atoms with E-state index in [0.29, 0.717) is 43.7 Å². The summed E-state index contributed by atoms with van der Waals surface area (Å²) in [5.41, 5.74) is 5.15. The third-order valence-electron chi connectivity index (χ3n) is 8.79. The van der Waals surface area contributed by atoms with E-state index in [4.69, 9.17) is 10.4 Å². The van der Waals surface area contributed by atoms with E-state index in [0.717, 1.165) is 73.5 Å². The van der Waals surface area contributed by atoms with Gasteiger partial charge < -0.3 is 9.80 Å². The second-order valence-electron chi connectivity index (χ2n) is 11.3. The Hall–Kier alpha value is -3.78. The molecule has 1 fully saturated rings. The van der Waals surface area contributed by atoms with E-state index in [-0.39, 0.29) is 17.5 Å². The van der Waals surface area contributed by atoms with E-state index >= 15 is 0 Å². The highest BCUT2D eigenvalue weighted by Crippen LogP contribution is 2.43. The van der Waals surface area contributed by atoms with E-state index in [1.165, 1.54) is 0 Å². The first-order valence-corrected chi connectivity index (χ1v) is 14.6. The number of fused-ring (bicyclic) bond motifs is 2. The van der Waals surface area contributed by atoms with Crippen molar-refractivity contribution in [1.82, 2.24) is 29.4 Å². The van der Waals surface area contributed by atoms with Crippen molar-refractivity contribution >= 4 is 17.4 Å². The van der Waals surface area contributed by atoms with Gasteiger partial charge >= 0.3 is 0 Å². The molecule has 216 valence electrons. The molecule has 0 saturated carbocycles. The first-order chi connectivity index (χ1) is 19.9. The fourth-order valence-electron chi connectivity index (χ4n) is 6.67. The number of carbonyl (C=O) groups is 1. The molecule has 11 heteroatoms. The number of carbonyl (C=O) groups excluding carboxylic acids is 1. The van der Waals surface area contributed by atoms with E-state index in [2.05, 4.69) is 25.6 Å². The molecule has 3 aromatic rings. The molecule has 1 amide bonds. The molecule has 0 atom stereocenters. The van der Waals surface area contributed by atoms with Gasteiger partial charge in [0.1, 0.15) is 0 Å². The Bertz CT molecular complexity index is 1480. The maximum absolute atomic E-state index is 14.5. The van der Waals surface area contributed by atoms with Crippen molar-refractivity contribution in [2.24, 2.45) is 7.05 Å². The van der Waals surface area contributed by atoms with Crippen LogP contribution in [0, 0.1) is 11.3 Å². The number of benzene rings is 1. The van der Waals surface area contributed by atoms with Crippen LogP contribution in [0.3, 0.4) is 0 Å². The fraction of sp³-hybridized carbons (Fsp3) is 0.533. The summed E-state index contributed by atoms with van der Waals surface area (Å²) in [6, 6.07) is 6.00. The topological polar surface area (TPSA) is 86.2 Å². The molecule has 0 unspecified atom stereocenters. The molecule has 0 N–H and O–H groups in total. The third-order valence-corrected chi connectivity index (χ3v) is 8.79. The van der Waals surface area contributed by atoms with Crippen molar-refractivity contribution in [2.75, 3.05) is 37.6 Å². The van der Waals surface area contributed by atoms with Crippen LogP contribution in [-0.4, -0.2) is 68.0 Å². The number of aryl methyl sites for hydroxylation is 2. The second kappa shape index (κ2) is 11.2. The summed E-state index contributed by atoms with van der Waals surface area (Å²) >= 11 is 0. The molecule has 0 spiro atoms. The van der Waals surface area contributed by atoms with Crippen molar-refractivity contribution in [3.63, 3.8) is 0 Å². The Balaban J connectivity index is 1.42. The van der Waals surface area contributed by atoms with Crippen LogP contribution in [0.5, 0.6) is 0 Å². The number of hydrogen-bond acceptors (Lipinski definition) is 6. The molecule has 1 aromatic carbocycles. The minimum atomic E-state index is -2.64. The van der Waals surface area contributed by atoms with Crippen LogP contribution in [0.15, 0.2) is 24.5 Å². The van der Waals surface area contributed by atoms with Crippen LogP contribution >= 0.6 is 0 Å². The molecule has 6 rings (SSSR count). The van der Waals surface area contributed by atoms with Gasteiger partial charge in [-0.05, 0) is 48.9 Å². The van der Waals surface area contributed by atoms with Gasteiger partial charge in [0, 0.05) is 80.3 Å². The molecular weight excluding hydrogens is 526 g/mol. The zero-order chi connectivity index (χ0) is 28.7. The normalized spacial score (nSPS) is 18.0. The highest BCUT2D eigenvalue weighted by molar-refractivity contribution is 5.78. The number of anilines is 2. The lowest BCUT2D eigenvalue weighted by atomic mass is 9.92. The number of hydrogen-bond donors (Lipinski definition) is 0. The van der Waals surface area contributed by atoms with E-state index in [1.807, 2.05) is 17.9 Å². The van der Waals surface area contributed by atoms with Gasteiger partial charge in [-0.3, -0.25) is 19.1 Å². The Labute approximate surface area is 238 Å². The summed E-state index contributed by atoms with van der Waals surface area (Å²) in [6.45, 7) is 5.79. The number of nitriles is 1. The summed E-state index contributed by atoms with van der Waals surface area (Å²) in [7, 11) is 1.78. The molecular formula is C30H36F2N8O. The van der Waals surface area contributed by atoms with Crippen LogP contribution in [0.25, 0.3) is 11.1 Å². The summed E-state index contributed by atoms with van der Waals surface area (Å²) in [5, 5.41) is 18.5. The molecule has 41 heavy (non-hydrogen) atoms. The van der Waals surface area contributed by atoms with Crippen LogP contribution in [0.1, 0.15) is 67.5 Å². The van der Waals surface area contributed by atoms with E-state index < -0.39 is 6.43 Å². The largest absolute Gasteiger partial charge is 0.338 e. The maximum Gasteiger partial charge on any atom is 0.264 e. The van der Waals surface area contributed by atoms with Crippen LogP contribution in [-0.2, 0) is 31.2 Å². The molecule has 2 aromatic heterocycles. The number of alkyl halides is 2. The van der Waals surface area contributed by atoms with Gasteiger partial charge in [-0.2, -0.15) is 15.5 Å². The Morgan fingerprint density at radius 1 is 1.17 bits per heavy atom. The minimum Gasteiger partial charge on any atom is -0.338 e. The Morgan fingerprint density at radius 3 is 2.66 bits per heavy atom. The van der Waals surface area contributed by atoms with Gasteiger partial charge in [0.15, 0.2) is 5.82 Å². The highest BCUT2D eigenvalue weighted by Gasteiger charge is 2.35. The lowest BCUT2D eigenvalue weighted by Crippen LogP contribution is -2.38. The van der Waals surface area contributed by atoms with Gasteiger partial charge in [-0.1, -0.05) is 6.92 Å². The van der Waals surface area contributed by atoms with E-state index in [1.54, 1.807) is 30.2 Å². The van der Waals surface area contributed by atoms with Gasteiger partial charge in [0.25, 0.3) is 6.43 Å². The molecule has 3 aliphatic heterocycles. The van der Waals surface area contributed by atoms with Crippen LogP contribution < -0.4 is 4.90 Å². The van der Waals surface area contributed by atoms with Crippen LogP contribution in [0.4, 0.5) is 20.3 Å². The van der Waals surface area contributed by atoms with Gasteiger partial charge in [0.2, 0.25) is 5.91 Å². The van der Waals surface area contributed by atoms with Crippen molar-refractivity contribution in [2.45, 2.75) is 64.5 Å². The van der Waals surface area contributed by atoms with Crippen LogP contribution in [0.2, 0.25) is 0 Å². The second-order valence-corrected chi connectivity index (χ2v) is 11.3.